The Morgan fingerprint density at radius 1 is 1.00 bits per heavy atom. The largest absolute Gasteiger partial charge is 0.441 e. The maximum Gasteiger partial charge on any atom is 0.270 e. The van der Waals surface area contributed by atoms with E-state index < -0.39 is 10.0 Å². The van der Waals surface area contributed by atoms with Gasteiger partial charge < -0.3 is 4.42 Å². The van der Waals surface area contributed by atoms with Gasteiger partial charge in [-0.15, -0.1) is 0 Å². The molecule has 160 valence electrons. The maximum absolute atomic E-state index is 13.8. The number of thiazole rings is 1. The van der Waals surface area contributed by atoms with Gasteiger partial charge in [0.25, 0.3) is 10.0 Å². The molecule has 0 atom stereocenters. The number of aromatic nitrogens is 2. The lowest BCUT2D eigenvalue weighted by molar-refractivity contribution is 0.542. The van der Waals surface area contributed by atoms with Crippen LogP contribution in [-0.4, -0.2) is 18.4 Å². The third-order valence-corrected chi connectivity index (χ3v) is 7.87. The van der Waals surface area contributed by atoms with Crippen LogP contribution in [-0.2, 0) is 10.0 Å². The second-order valence-corrected chi connectivity index (χ2v) is 10.2. The average Bonchev–Trinajstić information content (AvgIpc) is 3.40. The first-order valence-electron chi connectivity index (χ1n) is 9.61. The van der Waals surface area contributed by atoms with E-state index in [0.717, 1.165) is 4.70 Å². The molecule has 0 spiro atoms. The van der Waals surface area contributed by atoms with Gasteiger partial charge in [-0.2, -0.15) is 0 Å². The van der Waals surface area contributed by atoms with Gasteiger partial charge in [0.15, 0.2) is 0 Å². The zero-order valence-corrected chi connectivity index (χ0v) is 19.2. The SMILES string of the molecule is Cc1cnc(-c2ccc(S(=O)(=O)N(c3ccccc3)c3nc4cc(Cl)ccc4s3)cc2)o1. The fraction of sp³-hybridized carbons (Fsp3) is 0.0435. The molecular weight excluding hydrogens is 466 g/mol. The number of hydrogen-bond donors (Lipinski definition) is 0. The van der Waals surface area contributed by atoms with Gasteiger partial charge in [0.2, 0.25) is 11.0 Å². The van der Waals surface area contributed by atoms with Gasteiger partial charge in [-0.3, -0.25) is 0 Å². The van der Waals surface area contributed by atoms with Crippen LogP contribution >= 0.6 is 22.9 Å². The van der Waals surface area contributed by atoms with Crippen molar-refractivity contribution in [3.8, 4) is 11.5 Å². The molecule has 0 N–H and O–H groups in total. The highest BCUT2D eigenvalue weighted by Gasteiger charge is 2.29. The molecule has 32 heavy (non-hydrogen) atoms. The minimum atomic E-state index is -3.96. The molecule has 0 fully saturated rings. The Kier molecular flexibility index (Phi) is 5.21. The topological polar surface area (TPSA) is 76.3 Å². The normalized spacial score (nSPS) is 11.7. The summed E-state index contributed by atoms with van der Waals surface area (Å²) < 4.78 is 35.1. The van der Waals surface area contributed by atoms with Crippen LogP contribution in [0.5, 0.6) is 0 Å². The van der Waals surface area contributed by atoms with Crippen LogP contribution in [0.2, 0.25) is 5.02 Å². The summed E-state index contributed by atoms with van der Waals surface area (Å²) in [5.41, 5.74) is 1.83. The van der Waals surface area contributed by atoms with Gasteiger partial charge in [-0.05, 0) is 61.5 Å². The monoisotopic (exact) mass is 481 g/mol. The van der Waals surface area contributed by atoms with Gasteiger partial charge in [-0.25, -0.2) is 22.7 Å². The standard InChI is InChI=1S/C23H16ClN3O3S2/c1-15-14-25-22(30-15)16-7-10-19(11-8-16)32(28,29)27(18-5-3-2-4-6-18)23-26-20-13-17(24)9-12-21(20)31-23/h2-14H,1H3. The molecular formula is C23H16ClN3O3S2. The quantitative estimate of drug-likeness (QED) is 0.288. The Morgan fingerprint density at radius 3 is 2.44 bits per heavy atom. The lowest BCUT2D eigenvalue weighted by atomic mass is 10.2. The Labute approximate surface area is 193 Å². The van der Waals surface area contributed by atoms with Crippen molar-refractivity contribution in [1.82, 2.24) is 9.97 Å². The van der Waals surface area contributed by atoms with Crippen LogP contribution in [0.1, 0.15) is 5.76 Å². The number of oxazole rings is 1. The number of hydrogen-bond acceptors (Lipinski definition) is 6. The van der Waals surface area contributed by atoms with E-state index in [0.29, 0.717) is 38.6 Å². The van der Waals surface area contributed by atoms with Crippen LogP contribution in [0, 0.1) is 6.92 Å². The lowest BCUT2D eigenvalue weighted by Crippen LogP contribution is -2.26. The molecule has 3 aromatic carbocycles. The average molecular weight is 482 g/mol. The molecule has 0 aliphatic rings. The summed E-state index contributed by atoms with van der Waals surface area (Å²) >= 11 is 7.38. The van der Waals surface area contributed by atoms with E-state index in [2.05, 4.69) is 9.97 Å². The molecule has 0 radical (unpaired) electrons. The molecule has 5 rings (SSSR count). The molecule has 0 bridgehead atoms. The van der Waals surface area contributed by atoms with E-state index in [1.54, 1.807) is 73.8 Å². The summed E-state index contributed by atoms with van der Waals surface area (Å²) in [6, 6.07) is 20.7. The summed E-state index contributed by atoms with van der Waals surface area (Å²) in [6.07, 6.45) is 1.62. The molecule has 0 amide bonds. The fourth-order valence-electron chi connectivity index (χ4n) is 3.25. The zero-order valence-electron chi connectivity index (χ0n) is 16.8. The van der Waals surface area contributed by atoms with Crippen LogP contribution in [0.25, 0.3) is 21.7 Å². The van der Waals surface area contributed by atoms with Crippen molar-refractivity contribution in [3.05, 3.63) is 89.8 Å². The Balaban J connectivity index is 1.61. The predicted molar refractivity (Wildman–Crippen MR) is 127 cm³/mol. The van der Waals surface area contributed by atoms with Gasteiger partial charge in [0, 0.05) is 10.6 Å². The molecule has 2 heterocycles. The summed E-state index contributed by atoms with van der Waals surface area (Å²) in [5, 5.41) is 0.877. The summed E-state index contributed by atoms with van der Waals surface area (Å²) in [7, 11) is -3.96. The van der Waals surface area contributed by atoms with Crippen molar-refractivity contribution in [2.75, 3.05) is 4.31 Å². The number of sulfonamides is 1. The number of nitrogens with zero attached hydrogens (tertiary/aromatic N) is 3. The molecule has 0 aliphatic carbocycles. The van der Waals surface area contributed by atoms with Crippen molar-refractivity contribution < 1.29 is 12.8 Å². The lowest BCUT2D eigenvalue weighted by Gasteiger charge is -2.21. The van der Waals surface area contributed by atoms with Gasteiger partial charge >= 0.3 is 0 Å². The van der Waals surface area contributed by atoms with E-state index in [1.165, 1.54) is 15.6 Å². The smallest absolute Gasteiger partial charge is 0.270 e. The molecule has 0 saturated heterocycles. The maximum atomic E-state index is 13.8. The van der Waals surface area contributed by atoms with E-state index >= 15 is 0 Å². The van der Waals surface area contributed by atoms with Crippen molar-refractivity contribution in [3.63, 3.8) is 0 Å². The number of fused-ring (bicyclic) bond motifs is 1. The number of anilines is 2. The second kappa shape index (κ2) is 8.05. The highest BCUT2D eigenvalue weighted by atomic mass is 35.5. The van der Waals surface area contributed by atoms with Gasteiger partial charge in [0.1, 0.15) is 5.76 Å². The predicted octanol–water partition coefficient (Wildman–Crippen LogP) is 6.44. The highest BCUT2D eigenvalue weighted by Crippen LogP contribution is 2.38. The Hall–Kier alpha value is -3.20. The van der Waals surface area contributed by atoms with E-state index in [-0.39, 0.29) is 4.90 Å². The molecule has 6 nitrogen and oxygen atoms in total. The molecule has 9 heteroatoms. The molecule has 2 aromatic heterocycles. The Morgan fingerprint density at radius 2 is 1.75 bits per heavy atom. The van der Waals surface area contributed by atoms with Crippen molar-refractivity contribution >= 4 is 54.0 Å². The number of aryl methyl sites for hydroxylation is 1. The van der Waals surface area contributed by atoms with Crippen molar-refractivity contribution in [2.24, 2.45) is 0 Å². The minimum Gasteiger partial charge on any atom is -0.441 e. The van der Waals surface area contributed by atoms with Crippen molar-refractivity contribution in [1.29, 1.82) is 0 Å². The van der Waals surface area contributed by atoms with Gasteiger partial charge in [-0.1, -0.05) is 41.1 Å². The van der Waals surface area contributed by atoms with Crippen molar-refractivity contribution in [2.45, 2.75) is 11.8 Å². The summed E-state index contributed by atoms with van der Waals surface area (Å²) in [5.74, 6) is 1.12. The Bertz CT molecular complexity index is 1510. The van der Waals surface area contributed by atoms with E-state index in [1.807, 2.05) is 12.1 Å². The van der Waals surface area contributed by atoms with Gasteiger partial charge in [0.05, 0.1) is 27.0 Å². The molecule has 0 unspecified atom stereocenters. The van der Waals surface area contributed by atoms with Crippen LogP contribution in [0.4, 0.5) is 10.8 Å². The van der Waals surface area contributed by atoms with Crippen LogP contribution in [0.3, 0.4) is 0 Å². The number of halogens is 1. The fourth-order valence-corrected chi connectivity index (χ4v) is 6.04. The summed E-state index contributed by atoms with van der Waals surface area (Å²) in [4.78, 5) is 8.89. The van der Waals surface area contributed by atoms with Crippen LogP contribution < -0.4 is 4.31 Å². The first-order valence-corrected chi connectivity index (χ1v) is 12.2. The third-order valence-electron chi connectivity index (χ3n) is 4.76. The first kappa shape index (κ1) is 20.7. The van der Waals surface area contributed by atoms with Crippen LogP contribution in [0.15, 0.2) is 88.3 Å². The van der Waals surface area contributed by atoms with E-state index in [4.69, 9.17) is 16.0 Å². The summed E-state index contributed by atoms with van der Waals surface area (Å²) in [6.45, 7) is 1.80. The van der Waals surface area contributed by atoms with E-state index in [9.17, 15) is 8.42 Å². The first-order chi connectivity index (χ1) is 15.4. The number of para-hydroxylation sites is 1. The minimum absolute atomic E-state index is 0.130. The second-order valence-electron chi connectivity index (χ2n) is 7.01. The zero-order chi connectivity index (χ0) is 22.3. The molecule has 0 aliphatic heterocycles. The third kappa shape index (κ3) is 3.77. The molecule has 0 saturated carbocycles. The highest BCUT2D eigenvalue weighted by molar-refractivity contribution is 7.93. The molecule has 5 aromatic rings. The number of benzene rings is 3. The number of rotatable bonds is 5.